The summed E-state index contributed by atoms with van der Waals surface area (Å²) in [4.78, 5) is 12.2. The SMILES string of the molecule is CNc1ccc2[nH]c(-c3ccc(N)cc3C)nc2n1. The van der Waals surface area contributed by atoms with Crippen LogP contribution >= 0.6 is 0 Å². The molecule has 0 fully saturated rings. The lowest BCUT2D eigenvalue weighted by Crippen LogP contribution is -1.91. The number of aromatic nitrogens is 3. The molecule has 0 bridgehead atoms. The van der Waals surface area contributed by atoms with Gasteiger partial charge in [-0.2, -0.15) is 0 Å². The summed E-state index contributed by atoms with van der Waals surface area (Å²) >= 11 is 0. The second-order valence-corrected chi connectivity index (χ2v) is 4.48. The summed E-state index contributed by atoms with van der Waals surface area (Å²) in [5.41, 5.74) is 10.3. The van der Waals surface area contributed by atoms with Gasteiger partial charge in [0.05, 0.1) is 5.52 Å². The van der Waals surface area contributed by atoms with E-state index in [2.05, 4.69) is 20.3 Å². The lowest BCUT2D eigenvalue weighted by molar-refractivity contribution is 1.27. The van der Waals surface area contributed by atoms with Gasteiger partial charge in [0.1, 0.15) is 11.6 Å². The van der Waals surface area contributed by atoms with Crippen molar-refractivity contribution in [2.24, 2.45) is 0 Å². The number of rotatable bonds is 2. The number of hydrogen-bond donors (Lipinski definition) is 3. The lowest BCUT2D eigenvalue weighted by Gasteiger charge is -2.02. The van der Waals surface area contributed by atoms with Gasteiger partial charge in [0.25, 0.3) is 0 Å². The molecule has 3 rings (SSSR count). The van der Waals surface area contributed by atoms with Crippen molar-refractivity contribution in [3.05, 3.63) is 35.9 Å². The number of nitrogens with one attached hydrogen (secondary N) is 2. The fourth-order valence-corrected chi connectivity index (χ4v) is 2.11. The molecule has 4 N–H and O–H groups in total. The van der Waals surface area contributed by atoms with Crippen LogP contribution in [0.25, 0.3) is 22.6 Å². The fourth-order valence-electron chi connectivity index (χ4n) is 2.11. The van der Waals surface area contributed by atoms with Crippen LogP contribution in [0.2, 0.25) is 0 Å². The molecule has 0 saturated carbocycles. The number of aromatic amines is 1. The maximum atomic E-state index is 5.77. The second-order valence-electron chi connectivity index (χ2n) is 4.48. The molecule has 0 unspecified atom stereocenters. The van der Waals surface area contributed by atoms with Crippen molar-refractivity contribution >= 4 is 22.7 Å². The molecule has 0 aliphatic rings. The van der Waals surface area contributed by atoms with Crippen LogP contribution in [0.1, 0.15) is 5.56 Å². The third kappa shape index (κ3) is 1.99. The van der Waals surface area contributed by atoms with Crippen molar-refractivity contribution < 1.29 is 0 Å². The first-order valence-electron chi connectivity index (χ1n) is 6.08. The summed E-state index contributed by atoms with van der Waals surface area (Å²) in [5, 5.41) is 3.01. The zero-order valence-corrected chi connectivity index (χ0v) is 10.9. The molecule has 0 amide bonds. The van der Waals surface area contributed by atoms with Gasteiger partial charge in [0.2, 0.25) is 0 Å². The van der Waals surface area contributed by atoms with Crippen LogP contribution in [-0.2, 0) is 0 Å². The van der Waals surface area contributed by atoms with E-state index in [4.69, 9.17) is 5.73 Å². The average molecular weight is 253 g/mol. The highest BCUT2D eigenvalue weighted by atomic mass is 15.0. The number of anilines is 2. The molecule has 0 spiro atoms. The third-order valence-corrected chi connectivity index (χ3v) is 3.11. The molecule has 5 heteroatoms. The standard InChI is InChI=1S/C14H15N5/c1-8-7-9(15)3-4-10(8)13-17-11-5-6-12(16-2)18-14(11)19-13/h3-7H,15H2,1-2H3,(H2,16,17,18,19). The van der Waals surface area contributed by atoms with Crippen LogP contribution in [-0.4, -0.2) is 22.0 Å². The number of H-pyrrole nitrogens is 1. The van der Waals surface area contributed by atoms with Gasteiger partial charge in [-0.05, 0) is 42.8 Å². The van der Waals surface area contributed by atoms with Gasteiger partial charge in [-0.15, -0.1) is 0 Å². The van der Waals surface area contributed by atoms with E-state index < -0.39 is 0 Å². The molecule has 2 aromatic heterocycles. The molecule has 3 aromatic rings. The van der Waals surface area contributed by atoms with Gasteiger partial charge in [-0.1, -0.05) is 0 Å². The van der Waals surface area contributed by atoms with E-state index in [0.29, 0.717) is 5.65 Å². The quantitative estimate of drug-likeness (QED) is 0.613. The van der Waals surface area contributed by atoms with Crippen LogP contribution in [0, 0.1) is 6.92 Å². The van der Waals surface area contributed by atoms with Gasteiger partial charge in [-0.25, -0.2) is 9.97 Å². The molecular weight excluding hydrogens is 238 g/mol. The Morgan fingerprint density at radius 1 is 1.16 bits per heavy atom. The Morgan fingerprint density at radius 3 is 2.74 bits per heavy atom. The lowest BCUT2D eigenvalue weighted by atomic mass is 10.1. The number of nitrogen functional groups attached to an aromatic ring is 1. The Bertz CT molecular complexity index is 745. The van der Waals surface area contributed by atoms with Gasteiger partial charge in [0, 0.05) is 18.3 Å². The maximum absolute atomic E-state index is 5.77. The molecule has 0 aliphatic carbocycles. The van der Waals surface area contributed by atoms with Gasteiger partial charge in [0.15, 0.2) is 5.65 Å². The molecule has 96 valence electrons. The fraction of sp³-hybridized carbons (Fsp3) is 0.143. The maximum Gasteiger partial charge on any atom is 0.180 e. The van der Waals surface area contributed by atoms with Gasteiger partial charge >= 0.3 is 0 Å². The highest BCUT2D eigenvalue weighted by Gasteiger charge is 2.09. The van der Waals surface area contributed by atoms with E-state index in [-0.39, 0.29) is 0 Å². The van der Waals surface area contributed by atoms with Crippen LogP contribution in [0.4, 0.5) is 11.5 Å². The van der Waals surface area contributed by atoms with Gasteiger partial charge < -0.3 is 16.0 Å². The smallest absolute Gasteiger partial charge is 0.180 e. The van der Waals surface area contributed by atoms with Crippen LogP contribution < -0.4 is 11.1 Å². The molecule has 0 atom stereocenters. The minimum absolute atomic E-state index is 0.707. The number of benzene rings is 1. The number of nitrogens with two attached hydrogens (primary N) is 1. The number of imidazole rings is 1. The van der Waals surface area contributed by atoms with Crippen molar-refractivity contribution in [2.75, 3.05) is 18.1 Å². The van der Waals surface area contributed by atoms with Crippen molar-refractivity contribution in [2.45, 2.75) is 6.92 Å². The Kier molecular flexibility index (Phi) is 2.59. The summed E-state index contributed by atoms with van der Waals surface area (Å²) in [6.07, 6.45) is 0. The highest BCUT2D eigenvalue weighted by Crippen LogP contribution is 2.24. The Labute approximate surface area is 110 Å². The summed E-state index contributed by atoms with van der Waals surface area (Å²) in [6, 6.07) is 9.68. The number of pyridine rings is 1. The highest BCUT2D eigenvalue weighted by molar-refractivity contribution is 5.78. The largest absolute Gasteiger partial charge is 0.399 e. The van der Waals surface area contributed by atoms with Crippen LogP contribution in [0.15, 0.2) is 30.3 Å². The molecule has 1 aromatic carbocycles. The number of fused-ring (bicyclic) bond motifs is 1. The molecule has 5 nitrogen and oxygen atoms in total. The first-order valence-corrected chi connectivity index (χ1v) is 6.08. The van der Waals surface area contributed by atoms with Crippen molar-refractivity contribution in [3.63, 3.8) is 0 Å². The Balaban J connectivity index is 2.14. The van der Waals surface area contributed by atoms with Crippen LogP contribution in [0.5, 0.6) is 0 Å². The van der Waals surface area contributed by atoms with Gasteiger partial charge in [-0.3, -0.25) is 0 Å². The molecule has 2 heterocycles. The van der Waals surface area contributed by atoms with E-state index in [0.717, 1.165) is 34.0 Å². The summed E-state index contributed by atoms with van der Waals surface area (Å²) in [6.45, 7) is 2.02. The molecule has 19 heavy (non-hydrogen) atoms. The summed E-state index contributed by atoms with van der Waals surface area (Å²) in [5.74, 6) is 1.62. The second kappa shape index (κ2) is 4.28. The molecule has 0 radical (unpaired) electrons. The number of hydrogen-bond acceptors (Lipinski definition) is 4. The average Bonchev–Trinajstić information content (AvgIpc) is 2.80. The first-order chi connectivity index (χ1) is 9.17. The normalized spacial score (nSPS) is 10.8. The molecule has 0 aliphatic heterocycles. The van der Waals surface area contributed by atoms with E-state index in [1.165, 1.54) is 0 Å². The third-order valence-electron chi connectivity index (χ3n) is 3.11. The zero-order valence-electron chi connectivity index (χ0n) is 10.9. The van der Waals surface area contributed by atoms with Crippen molar-refractivity contribution in [1.82, 2.24) is 15.0 Å². The van der Waals surface area contributed by atoms with Crippen molar-refractivity contribution in [3.8, 4) is 11.4 Å². The predicted molar refractivity (Wildman–Crippen MR) is 78.0 cm³/mol. The zero-order chi connectivity index (χ0) is 13.4. The van der Waals surface area contributed by atoms with E-state index >= 15 is 0 Å². The summed E-state index contributed by atoms with van der Waals surface area (Å²) in [7, 11) is 1.84. The van der Waals surface area contributed by atoms with Crippen molar-refractivity contribution in [1.29, 1.82) is 0 Å². The first kappa shape index (κ1) is 11.5. The summed E-state index contributed by atoms with van der Waals surface area (Å²) < 4.78 is 0. The predicted octanol–water partition coefficient (Wildman–Crippen LogP) is 2.56. The minimum atomic E-state index is 0.707. The molecule has 0 saturated heterocycles. The Hall–Kier alpha value is -2.56. The van der Waals surface area contributed by atoms with E-state index in [1.807, 2.05) is 44.3 Å². The van der Waals surface area contributed by atoms with Crippen LogP contribution in [0.3, 0.4) is 0 Å². The number of aryl methyl sites for hydroxylation is 1. The van der Waals surface area contributed by atoms with E-state index in [1.54, 1.807) is 0 Å². The number of nitrogens with zero attached hydrogens (tertiary/aromatic N) is 2. The van der Waals surface area contributed by atoms with E-state index in [9.17, 15) is 0 Å². The Morgan fingerprint density at radius 2 is 2.00 bits per heavy atom. The molecular formula is C14H15N5. The topological polar surface area (TPSA) is 79.6 Å². The minimum Gasteiger partial charge on any atom is -0.399 e. The monoisotopic (exact) mass is 253 g/mol.